The van der Waals surface area contributed by atoms with Crippen LogP contribution in [0.4, 0.5) is 0 Å². The van der Waals surface area contributed by atoms with E-state index < -0.39 is 0 Å². The van der Waals surface area contributed by atoms with Crippen molar-refractivity contribution in [2.24, 2.45) is 5.41 Å². The summed E-state index contributed by atoms with van der Waals surface area (Å²) in [5, 5.41) is 3.50. The van der Waals surface area contributed by atoms with E-state index in [1.165, 1.54) is 16.5 Å². The van der Waals surface area contributed by atoms with Gasteiger partial charge in [0, 0.05) is 11.0 Å². The zero-order chi connectivity index (χ0) is 12.0. The Balaban J connectivity index is 2.55. The average Bonchev–Trinajstić information content (AvgIpc) is 2.21. The van der Waals surface area contributed by atoms with Crippen LogP contribution in [0.2, 0.25) is 0 Å². The number of nitrogens with one attached hydrogen (secondary N) is 1. The van der Waals surface area contributed by atoms with Crippen molar-refractivity contribution >= 4 is 15.9 Å². The molecule has 0 spiro atoms. The third kappa shape index (κ3) is 4.67. The van der Waals surface area contributed by atoms with Crippen molar-refractivity contribution < 1.29 is 0 Å². The normalized spacial score (nSPS) is 11.8. The highest BCUT2D eigenvalue weighted by atomic mass is 79.9. The maximum atomic E-state index is 3.61. The van der Waals surface area contributed by atoms with Gasteiger partial charge in [0.05, 0.1) is 0 Å². The summed E-state index contributed by atoms with van der Waals surface area (Å²) in [6.07, 6.45) is 2.30. The van der Waals surface area contributed by atoms with Crippen LogP contribution in [0, 0.1) is 5.41 Å². The summed E-state index contributed by atoms with van der Waals surface area (Å²) in [6, 6.07) is 8.49. The molecule has 1 aromatic rings. The average molecular weight is 284 g/mol. The Kier molecular flexibility index (Phi) is 5.50. The van der Waals surface area contributed by atoms with E-state index in [4.69, 9.17) is 0 Å². The minimum Gasteiger partial charge on any atom is -0.316 e. The zero-order valence-corrected chi connectivity index (χ0v) is 12.1. The molecule has 0 bridgehead atoms. The van der Waals surface area contributed by atoms with Crippen LogP contribution in [0.3, 0.4) is 0 Å². The zero-order valence-electron chi connectivity index (χ0n) is 10.5. The van der Waals surface area contributed by atoms with Crippen molar-refractivity contribution in [3.63, 3.8) is 0 Å². The molecule has 16 heavy (non-hydrogen) atoms. The van der Waals surface area contributed by atoms with Crippen LogP contribution in [0.15, 0.2) is 28.7 Å². The quantitative estimate of drug-likeness (QED) is 0.778. The largest absolute Gasteiger partial charge is 0.316 e. The van der Waals surface area contributed by atoms with Gasteiger partial charge in [-0.15, -0.1) is 0 Å². The smallest absolute Gasteiger partial charge is 0.0207 e. The van der Waals surface area contributed by atoms with E-state index in [1.54, 1.807) is 0 Å². The lowest BCUT2D eigenvalue weighted by Gasteiger charge is -2.25. The standard InChI is InChI=1S/C14H22BrN/c1-4-9-16-11-14(2,3)10-12-7-5-6-8-13(12)15/h5-8,16H,4,9-11H2,1-3H3. The van der Waals surface area contributed by atoms with Gasteiger partial charge in [-0.25, -0.2) is 0 Å². The van der Waals surface area contributed by atoms with Crippen LogP contribution in [0.5, 0.6) is 0 Å². The van der Waals surface area contributed by atoms with Gasteiger partial charge in [-0.2, -0.15) is 0 Å². The lowest BCUT2D eigenvalue weighted by Crippen LogP contribution is -2.31. The fraction of sp³-hybridized carbons (Fsp3) is 0.571. The molecule has 1 nitrogen and oxygen atoms in total. The first-order valence-electron chi connectivity index (χ1n) is 5.99. The molecular weight excluding hydrogens is 262 g/mol. The van der Waals surface area contributed by atoms with E-state index in [1.807, 2.05) is 0 Å². The molecular formula is C14H22BrN. The second-order valence-electron chi connectivity index (χ2n) is 5.11. The van der Waals surface area contributed by atoms with Crippen molar-refractivity contribution in [3.05, 3.63) is 34.3 Å². The van der Waals surface area contributed by atoms with Gasteiger partial charge < -0.3 is 5.32 Å². The second kappa shape index (κ2) is 6.41. The minimum atomic E-state index is 0.305. The number of halogens is 1. The van der Waals surface area contributed by atoms with Gasteiger partial charge >= 0.3 is 0 Å². The monoisotopic (exact) mass is 283 g/mol. The molecule has 0 aliphatic heterocycles. The van der Waals surface area contributed by atoms with Gasteiger partial charge in [-0.3, -0.25) is 0 Å². The molecule has 0 saturated heterocycles. The van der Waals surface area contributed by atoms with Crippen molar-refractivity contribution in [1.82, 2.24) is 5.32 Å². The molecule has 2 heteroatoms. The fourth-order valence-electron chi connectivity index (χ4n) is 1.82. The molecule has 0 fully saturated rings. The van der Waals surface area contributed by atoms with Crippen molar-refractivity contribution in [2.75, 3.05) is 13.1 Å². The van der Waals surface area contributed by atoms with Crippen molar-refractivity contribution in [1.29, 1.82) is 0 Å². The summed E-state index contributed by atoms with van der Waals surface area (Å²) < 4.78 is 1.22. The molecule has 0 unspecified atom stereocenters. The second-order valence-corrected chi connectivity index (χ2v) is 5.96. The molecule has 0 aromatic heterocycles. The summed E-state index contributed by atoms with van der Waals surface area (Å²) >= 11 is 3.61. The predicted molar refractivity (Wildman–Crippen MR) is 74.8 cm³/mol. The molecule has 1 rings (SSSR count). The third-order valence-corrected chi connectivity index (χ3v) is 3.43. The van der Waals surface area contributed by atoms with Gasteiger partial charge in [0.2, 0.25) is 0 Å². The van der Waals surface area contributed by atoms with E-state index in [-0.39, 0.29) is 0 Å². The summed E-state index contributed by atoms with van der Waals surface area (Å²) in [6.45, 7) is 9.01. The molecule has 1 aromatic carbocycles. The Morgan fingerprint density at radius 1 is 1.25 bits per heavy atom. The van der Waals surface area contributed by atoms with Crippen molar-refractivity contribution in [2.45, 2.75) is 33.6 Å². The molecule has 90 valence electrons. The van der Waals surface area contributed by atoms with Crippen LogP contribution in [-0.2, 0) is 6.42 Å². The van der Waals surface area contributed by atoms with Crippen LogP contribution >= 0.6 is 15.9 Å². The summed E-state index contributed by atoms with van der Waals surface area (Å²) in [5.74, 6) is 0. The Morgan fingerprint density at radius 3 is 2.56 bits per heavy atom. The van der Waals surface area contributed by atoms with Crippen LogP contribution in [0.1, 0.15) is 32.8 Å². The first-order chi connectivity index (χ1) is 7.55. The highest BCUT2D eigenvalue weighted by Crippen LogP contribution is 2.25. The van der Waals surface area contributed by atoms with Gasteiger partial charge in [0.15, 0.2) is 0 Å². The van der Waals surface area contributed by atoms with E-state index in [0.29, 0.717) is 5.41 Å². The van der Waals surface area contributed by atoms with Gasteiger partial charge in [0.25, 0.3) is 0 Å². The first-order valence-corrected chi connectivity index (χ1v) is 6.78. The maximum Gasteiger partial charge on any atom is 0.0207 e. The minimum absolute atomic E-state index is 0.305. The first kappa shape index (κ1) is 13.7. The highest BCUT2D eigenvalue weighted by molar-refractivity contribution is 9.10. The van der Waals surface area contributed by atoms with E-state index in [0.717, 1.165) is 19.5 Å². The van der Waals surface area contributed by atoms with Gasteiger partial charge in [0.1, 0.15) is 0 Å². The number of rotatable bonds is 6. The fourth-order valence-corrected chi connectivity index (χ4v) is 2.25. The number of benzene rings is 1. The lowest BCUT2D eigenvalue weighted by atomic mass is 9.85. The number of hydrogen-bond donors (Lipinski definition) is 1. The van der Waals surface area contributed by atoms with Crippen LogP contribution in [-0.4, -0.2) is 13.1 Å². The topological polar surface area (TPSA) is 12.0 Å². The molecule has 1 N–H and O–H groups in total. The molecule has 0 heterocycles. The Hall–Kier alpha value is -0.340. The highest BCUT2D eigenvalue weighted by Gasteiger charge is 2.18. The predicted octanol–water partition coefficient (Wildman–Crippen LogP) is 4.02. The van der Waals surface area contributed by atoms with Crippen molar-refractivity contribution in [3.8, 4) is 0 Å². The maximum absolute atomic E-state index is 3.61. The Labute approximate surface area is 108 Å². The molecule has 0 atom stereocenters. The molecule has 0 saturated carbocycles. The molecule has 0 amide bonds. The Bertz CT molecular complexity index is 320. The molecule has 0 aliphatic rings. The summed E-state index contributed by atoms with van der Waals surface area (Å²) in [5.41, 5.74) is 1.70. The van der Waals surface area contributed by atoms with Crippen LogP contribution in [0.25, 0.3) is 0 Å². The van der Waals surface area contributed by atoms with E-state index >= 15 is 0 Å². The lowest BCUT2D eigenvalue weighted by molar-refractivity contribution is 0.338. The third-order valence-electron chi connectivity index (χ3n) is 2.66. The van der Waals surface area contributed by atoms with E-state index in [2.05, 4.69) is 66.3 Å². The Morgan fingerprint density at radius 2 is 1.94 bits per heavy atom. The number of hydrogen-bond acceptors (Lipinski definition) is 1. The van der Waals surface area contributed by atoms with Gasteiger partial charge in [-0.05, 0) is 36.4 Å². The molecule has 0 aliphatic carbocycles. The summed E-state index contributed by atoms with van der Waals surface area (Å²) in [4.78, 5) is 0. The molecule has 0 radical (unpaired) electrons. The SMILES string of the molecule is CCCNCC(C)(C)Cc1ccccc1Br. The van der Waals surface area contributed by atoms with E-state index in [9.17, 15) is 0 Å². The van der Waals surface area contributed by atoms with Crippen LogP contribution < -0.4 is 5.32 Å². The summed E-state index contributed by atoms with van der Waals surface area (Å²) in [7, 11) is 0. The van der Waals surface area contributed by atoms with Gasteiger partial charge in [-0.1, -0.05) is 54.9 Å².